The molecule has 9 heteroatoms. The maximum atomic E-state index is 12.4. The molecule has 0 radical (unpaired) electrons. The van der Waals surface area contributed by atoms with Gasteiger partial charge >= 0.3 is 0 Å². The predicted octanol–water partition coefficient (Wildman–Crippen LogP) is 2.15. The van der Waals surface area contributed by atoms with Gasteiger partial charge in [0.05, 0.1) is 36.3 Å². The van der Waals surface area contributed by atoms with E-state index in [1.54, 1.807) is 13.8 Å². The topological polar surface area (TPSA) is 74.2 Å². The third kappa shape index (κ3) is 6.08. The van der Waals surface area contributed by atoms with E-state index in [9.17, 15) is 8.42 Å². The minimum absolute atomic E-state index is 0. The van der Waals surface area contributed by atoms with Gasteiger partial charge in [0.15, 0.2) is 15.8 Å². The zero-order valence-electron chi connectivity index (χ0n) is 18.2. The number of hydrogen-bond acceptors (Lipinski definition) is 5. The van der Waals surface area contributed by atoms with E-state index in [2.05, 4.69) is 39.4 Å². The fourth-order valence-electron chi connectivity index (χ4n) is 3.92. The first-order chi connectivity index (χ1) is 13.8. The normalized spacial score (nSPS) is 22.8. The number of ether oxygens (including phenoxy) is 1. The molecule has 0 amide bonds. The first-order valence-electron chi connectivity index (χ1n) is 10.5. The van der Waals surface area contributed by atoms with Gasteiger partial charge in [0.2, 0.25) is 0 Å². The van der Waals surface area contributed by atoms with Crippen LogP contribution in [0.5, 0.6) is 0 Å². The van der Waals surface area contributed by atoms with Gasteiger partial charge in [-0.1, -0.05) is 30.3 Å². The van der Waals surface area contributed by atoms with Gasteiger partial charge in [0.1, 0.15) is 0 Å². The van der Waals surface area contributed by atoms with Gasteiger partial charge in [0, 0.05) is 32.7 Å². The largest absolute Gasteiger partial charge is 0.379 e. The van der Waals surface area contributed by atoms with Crippen LogP contribution < -0.4 is 5.32 Å². The van der Waals surface area contributed by atoms with Crippen molar-refractivity contribution in [2.45, 2.75) is 31.6 Å². The molecule has 2 saturated heterocycles. The Balaban J connectivity index is 0.00000320. The Labute approximate surface area is 198 Å². The minimum Gasteiger partial charge on any atom is -0.379 e. The zero-order valence-corrected chi connectivity index (χ0v) is 21.4. The maximum absolute atomic E-state index is 12.4. The molecule has 2 fully saturated rings. The van der Waals surface area contributed by atoms with Gasteiger partial charge < -0.3 is 15.0 Å². The first-order valence-corrected chi connectivity index (χ1v) is 12.1. The van der Waals surface area contributed by atoms with Crippen LogP contribution in [-0.2, 0) is 14.6 Å². The van der Waals surface area contributed by atoms with Crippen molar-refractivity contribution < 1.29 is 13.2 Å². The Morgan fingerprint density at radius 1 is 1.20 bits per heavy atom. The number of hydrogen-bond donors (Lipinski definition) is 1. The summed E-state index contributed by atoms with van der Waals surface area (Å²) >= 11 is 0. The molecular weight excluding hydrogens is 515 g/mol. The van der Waals surface area contributed by atoms with Crippen LogP contribution in [0.2, 0.25) is 0 Å². The minimum atomic E-state index is -3.08. The molecule has 7 nitrogen and oxygen atoms in total. The summed E-state index contributed by atoms with van der Waals surface area (Å²) in [5.41, 5.74) is 1.25. The number of nitrogens with one attached hydrogen (secondary N) is 1. The van der Waals surface area contributed by atoms with Crippen LogP contribution in [-0.4, -0.2) is 87.2 Å². The second kappa shape index (κ2) is 11.1. The molecule has 0 aromatic heterocycles. The highest BCUT2D eigenvalue weighted by atomic mass is 127. The number of nitrogens with zero attached hydrogens (tertiary/aromatic N) is 3. The lowest BCUT2D eigenvalue weighted by Gasteiger charge is -2.39. The Bertz CT molecular complexity index is 796. The van der Waals surface area contributed by atoms with Crippen molar-refractivity contribution >= 4 is 39.8 Å². The van der Waals surface area contributed by atoms with E-state index in [1.807, 2.05) is 13.0 Å². The number of halogens is 1. The van der Waals surface area contributed by atoms with E-state index in [1.165, 1.54) is 5.56 Å². The van der Waals surface area contributed by atoms with Crippen LogP contribution in [0.1, 0.15) is 32.4 Å². The standard InChI is InChI=1S/C21H34N4O3S.HI/c1-4-22-20(25-12-15-29(26,27)21(2,3)17-25)23-16-19(18-8-6-5-7-9-18)24-10-13-28-14-11-24;/h5-9,19H,4,10-17H2,1-3H3,(H,22,23);1H. The molecule has 0 bridgehead atoms. The third-order valence-corrected chi connectivity index (χ3v) is 8.30. The van der Waals surface area contributed by atoms with E-state index in [0.29, 0.717) is 19.6 Å². The molecule has 0 saturated carbocycles. The van der Waals surface area contributed by atoms with E-state index in [4.69, 9.17) is 9.73 Å². The van der Waals surface area contributed by atoms with Gasteiger partial charge in [-0.2, -0.15) is 0 Å². The van der Waals surface area contributed by atoms with Crippen molar-refractivity contribution in [1.29, 1.82) is 0 Å². The second-order valence-electron chi connectivity index (χ2n) is 8.27. The summed E-state index contributed by atoms with van der Waals surface area (Å²) in [5, 5.41) is 3.37. The van der Waals surface area contributed by atoms with Gasteiger partial charge in [-0.3, -0.25) is 9.89 Å². The molecule has 1 N–H and O–H groups in total. The quantitative estimate of drug-likeness (QED) is 0.344. The zero-order chi connectivity index (χ0) is 20.9. The summed E-state index contributed by atoms with van der Waals surface area (Å²) < 4.78 is 29.5. The number of sulfone groups is 1. The Kier molecular flexibility index (Phi) is 9.38. The summed E-state index contributed by atoms with van der Waals surface area (Å²) in [6, 6.07) is 10.6. The molecule has 170 valence electrons. The molecule has 2 aliphatic rings. The molecule has 1 aromatic carbocycles. The Morgan fingerprint density at radius 2 is 1.87 bits per heavy atom. The smallest absolute Gasteiger partial charge is 0.194 e. The lowest BCUT2D eigenvalue weighted by Crippen LogP contribution is -2.57. The predicted molar refractivity (Wildman–Crippen MR) is 132 cm³/mol. The van der Waals surface area contributed by atoms with Crippen molar-refractivity contribution in [2.24, 2.45) is 4.99 Å². The molecule has 2 aliphatic heterocycles. The third-order valence-electron chi connectivity index (χ3n) is 5.76. The molecule has 3 rings (SSSR count). The highest BCUT2D eigenvalue weighted by Gasteiger charge is 2.41. The van der Waals surface area contributed by atoms with Crippen LogP contribution >= 0.6 is 24.0 Å². The van der Waals surface area contributed by atoms with Crippen molar-refractivity contribution in [2.75, 3.05) is 58.2 Å². The number of guanidine groups is 1. The lowest BCUT2D eigenvalue weighted by atomic mass is 10.0. The van der Waals surface area contributed by atoms with Gasteiger partial charge in [0.25, 0.3) is 0 Å². The summed E-state index contributed by atoms with van der Waals surface area (Å²) in [5.74, 6) is 0.959. The molecule has 0 spiro atoms. The van der Waals surface area contributed by atoms with E-state index in [0.717, 1.165) is 38.8 Å². The average Bonchev–Trinajstić information content (AvgIpc) is 2.71. The number of rotatable bonds is 5. The summed E-state index contributed by atoms with van der Waals surface area (Å²) in [4.78, 5) is 9.47. The van der Waals surface area contributed by atoms with Crippen molar-refractivity contribution in [3.05, 3.63) is 35.9 Å². The van der Waals surface area contributed by atoms with Gasteiger partial charge in [-0.15, -0.1) is 24.0 Å². The van der Waals surface area contributed by atoms with Crippen molar-refractivity contribution in [1.82, 2.24) is 15.1 Å². The fourth-order valence-corrected chi connectivity index (χ4v) is 5.29. The Hall–Kier alpha value is -0.910. The molecule has 1 aromatic rings. The first kappa shape index (κ1) is 25.4. The maximum Gasteiger partial charge on any atom is 0.194 e. The average molecular weight is 551 g/mol. The molecule has 2 heterocycles. The molecule has 0 aliphatic carbocycles. The van der Waals surface area contributed by atoms with Crippen LogP contribution in [0.3, 0.4) is 0 Å². The van der Waals surface area contributed by atoms with E-state index in [-0.39, 0.29) is 35.8 Å². The monoisotopic (exact) mass is 550 g/mol. The van der Waals surface area contributed by atoms with Crippen LogP contribution in [0, 0.1) is 0 Å². The summed E-state index contributed by atoms with van der Waals surface area (Å²) in [7, 11) is -3.08. The lowest BCUT2D eigenvalue weighted by molar-refractivity contribution is 0.0179. The van der Waals surface area contributed by atoms with Crippen molar-refractivity contribution in [3.8, 4) is 0 Å². The molecular formula is C21H35IN4O3S. The summed E-state index contributed by atoms with van der Waals surface area (Å²) in [6.07, 6.45) is 0. The molecule has 1 unspecified atom stereocenters. The summed E-state index contributed by atoms with van der Waals surface area (Å²) in [6.45, 7) is 11.2. The number of benzene rings is 1. The van der Waals surface area contributed by atoms with Gasteiger partial charge in [-0.25, -0.2) is 8.42 Å². The van der Waals surface area contributed by atoms with Crippen molar-refractivity contribution in [3.63, 3.8) is 0 Å². The SMILES string of the molecule is CCNC(=NCC(c1ccccc1)N1CCOCC1)N1CCS(=O)(=O)C(C)(C)C1.I. The molecule has 1 atom stereocenters. The fraction of sp³-hybridized carbons (Fsp3) is 0.667. The second-order valence-corrected chi connectivity index (χ2v) is 11.0. The number of morpholine rings is 1. The van der Waals surface area contributed by atoms with Crippen LogP contribution in [0.25, 0.3) is 0 Å². The van der Waals surface area contributed by atoms with E-state index >= 15 is 0 Å². The number of aliphatic imine (C=N–C) groups is 1. The van der Waals surface area contributed by atoms with Crippen LogP contribution in [0.15, 0.2) is 35.3 Å². The molecule has 30 heavy (non-hydrogen) atoms. The van der Waals surface area contributed by atoms with E-state index < -0.39 is 14.6 Å². The Morgan fingerprint density at radius 3 is 2.47 bits per heavy atom. The van der Waals surface area contributed by atoms with Gasteiger partial charge in [-0.05, 0) is 26.3 Å². The highest BCUT2D eigenvalue weighted by Crippen LogP contribution is 2.25. The highest BCUT2D eigenvalue weighted by molar-refractivity contribution is 14.0. The van der Waals surface area contributed by atoms with Crippen LogP contribution in [0.4, 0.5) is 0 Å².